The summed E-state index contributed by atoms with van der Waals surface area (Å²) in [5.41, 5.74) is 3.72. The maximum Gasteiger partial charge on any atom is 0.134 e. The lowest BCUT2D eigenvalue weighted by atomic mass is 10.0. The molecular formula is C14H17NO. The van der Waals surface area contributed by atoms with Crippen molar-refractivity contribution in [2.24, 2.45) is 0 Å². The number of hydrogen-bond donors (Lipinski definition) is 1. The summed E-state index contributed by atoms with van der Waals surface area (Å²) in [6.07, 6.45) is 1.72. The van der Waals surface area contributed by atoms with Crippen LogP contribution in [0.4, 0.5) is 0 Å². The number of hydrogen-bond acceptors (Lipinski definition) is 2. The van der Waals surface area contributed by atoms with Crippen LogP contribution in [-0.2, 0) is 6.54 Å². The van der Waals surface area contributed by atoms with Gasteiger partial charge in [-0.05, 0) is 37.2 Å². The summed E-state index contributed by atoms with van der Waals surface area (Å²) < 4.78 is 5.47. The molecule has 0 atom stereocenters. The van der Waals surface area contributed by atoms with Gasteiger partial charge in [-0.25, -0.2) is 0 Å². The van der Waals surface area contributed by atoms with Crippen molar-refractivity contribution in [1.29, 1.82) is 0 Å². The normalized spacial score (nSPS) is 10.6. The predicted octanol–water partition coefficient (Wildman–Crippen LogP) is 3.36. The fourth-order valence-electron chi connectivity index (χ4n) is 1.77. The van der Waals surface area contributed by atoms with Crippen LogP contribution in [0.15, 0.2) is 41.0 Å². The van der Waals surface area contributed by atoms with E-state index in [2.05, 4.69) is 37.4 Å². The van der Waals surface area contributed by atoms with E-state index in [1.807, 2.05) is 12.1 Å². The molecule has 0 saturated heterocycles. The van der Waals surface area contributed by atoms with Crippen molar-refractivity contribution in [3.05, 3.63) is 47.7 Å². The minimum atomic E-state index is 0.882. The monoisotopic (exact) mass is 215 g/mol. The second kappa shape index (κ2) is 4.99. The van der Waals surface area contributed by atoms with Crippen molar-refractivity contribution >= 4 is 0 Å². The lowest BCUT2D eigenvalue weighted by molar-refractivity contribution is 0.580. The molecule has 0 aliphatic rings. The Kier molecular flexibility index (Phi) is 3.42. The zero-order valence-electron chi connectivity index (χ0n) is 9.79. The zero-order chi connectivity index (χ0) is 11.4. The van der Waals surface area contributed by atoms with E-state index in [1.165, 1.54) is 16.7 Å². The van der Waals surface area contributed by atoms with E-state index in [4.69, 9.17) is 4.42 Å². The summed E-state index contributed by atoms with van der Waals surface area (Å²) in [5.74, 6) is 0.941. The van der Waals surface area contributed by atoms with Crippen molar-refractivity contribution < 1.29 is 4.42 Å². The summed E-state index contributed by atoms with van der Waals surface area (Å²) >= 11 is 0. The predicted molar refractivity (Wildman–Crippen MR) is 66.3 cm³/mol. The van der Waals surface area contributed by atoms with Gasteiger partial charge >= 0.3 is 0 Å². The molecule has 2 aromatic rings. The van der Waals surface area contributed by atoms with Gasteiger partial charge in [0, 0.05) is 12.1 Å². The summed E-state index contributed by atoms with van der Waals surface area (Å²) in [4.78, 5) is 0. The zero-order valence-corrected chi connectivity index (χ0v) is 9.79. The van der Waals surface area contributed by atoms with Gasteiger partial charge in [-0.1, -0.05) is 24.6 Å². The van der Waals surface area contributed by atoms with Crippen LogP contribution in [-0.4, -0.2) is 6.54 Å². The average Bonchev–Trinajstić information content (AvgIpc) is 2.80. The minimum Gasteiger partial charge on any atom is -0.464 e. The average molecular weight is 215 g/mol. The summed E-state index contributed by atoms with van der Waals surface area (Å²) in [5, 5.41) is 3.34. The highest BCUT2D eigenvalue weighted by atomic mass is 16.3. The van der Waals surface area contributed by atoms with Gasteiger partial charge in [-0.15, -0.1) is 0 Å². The number of aryl methyl sites for hydroxylation is 1. The third-order valence-corrected chi connectivity index (χ3v) is 2.62. The van der Waals surface area contributed by atoms with Crippen molar-refractivity contribution in [3.8, 4) is 11.3 Å². The Morgan fingerprint density at radius 1 is 1.25 bits per heavy atom. The molecule has 1 heterocycles. The number of benzene rings is 1. The molecule has 0 aliphatic carbocycles. The maximum absolute atomic E-state index is 5.47. The topological polar surface area (TPSA) is 25.2 Å². The third-order valence-electron chi connectivity index (χ3n) is 2.62. The van der Waals surface area contributed by atoms with Gasteiger partial charge < -0.3 is 9.73 Å². The smallest absolute Gasteiger partial charge is 0.134 e. The first-order valence-electron chi connectivity index (χ1n) is 5.65. The van der Waals surface area contributed by atoms with Gasteiger partial charge in [0.05, 0.1) is 6.26 Å². The summed E-state index contributed by atoms with van der Waals surface area (Å²) in [7, 11) is 0. The molecule has 0 saturated carbocycles. The van der Waals surface area contributed by atoms with E-state index in [9.17, 15) is 0 Å². The lowest BCUT2D eigenvalue weighted by Crippen LogP contribution is -2.12. The molecular weight excluding hydrogens is 198 g/mol. The molecule has 0 unspecified atom stereocenters. The first-order valence-corrected chi connectivity index (χ1v) is 5.65. The Labute approximate surface area is 96.3 Å². The molecule has 0 amide bonds. The van der Waals surface area contributed by atoms with Crippen LogP contribution in [0.25, 0.3) is 11.3 Å². The van der Waals surface area contributed by atoms with Crippen molar-refractivity contribution in [2.75, 3.05) is 6.54 Å². The SMILES string of the molecule is CCNCc1ccc(C)cc1-c1ccco1. The number of furan rings is 1. The molecule has 2 nitrogen and oxygen atoms in total. The van der Waals surface area contributed by atoms with E-state index >= 15 is 0 Å². The minimum absolute atomic E-state index is 0.882. The quantitative estimate of drug-likeness (QED) is 0.846. The molecule has 1 N–H and O–H groups in total. The molecule has 2 heteroatoms. The molecule has 84 valence electrons. The number of rotatable bonds is 4. The maximum atomic E-state index is 5.47. The molecule has 0 fully saturated rings. The molecule has 0 bridgehead atoms. The van der Waals surface area contributed by atoms with Crippen LogP contribution < -0.4 is 5.32 Å². The lowest BCUT2D eigenvalue weighted by Gasteiger charge is -2.09. The molecule has 0 spiro atoms. The van der Waals surface area contributed by atoms with Crippen LogP contribution in [0, 0.1) is 6.92 Å². The van der Waals surface area contributed by atoms with E-state index in [0.29, 0.717) is 0 Å². The summed E-state index contributed by atoms with van der Waals surface area (Å²) in [6.45, 7) is 6.07. The fraction of sp³-hybridized carbons (Fsp3) is 0.286. The van der Waals surface area contributed by atoms with Crippen LogP contribution in [0.2, 0.25) is 0 Å². The highest BCUT2D eigenvalue weighted by Gasteiger charge is 2.07. The van der Waals surface area contributed by atoms with E-state index in [0.717, 1.165) is 18.8 Å². The van der Waals surface area contributed by atoms with Crippen LogP contribution in [0.3, 0.4) is 0 Å². The van der Waals surface area contributed by atoms with Crippen molar-refractivity contribution in [3.63, 3.8) is 0 Å². The second-order valence-electron chi connectivity index (χ2n) is 3.92. The van der Waals surface area contributed by atoms with Crippen molar-refractivity contribution in [2.45, 2.75) is 20.4 Å². The van der Waals surface area contributed by atoms with E-state index in [-0.39, 0.29) is 0 Å². The molecule has 2 rings (SSSR count). The Morgan fingerprint density at radius 2 is 2.12 bits per heavy atom. The van der Waals surface area contributed by atoms with Gasteiger partial charge in [-0.3, -0.25) is 0 Å². The third kappa shape index (κ3) is 2.34. The van der Waals surface area contributed by atoms with Crippen LogP contribution in [0.1, 0.15) is 18.1 Å². The van der Waals surface area contributed by atoms with Crippen LogP contribution in [0.5, 0.6) is 0 Å². The Balaban J connectivity index is 2.37. The standard InChI is InChI=1S/C14H17NO/c1-3-15-10-12-7-6-11(2)9-13(12)14-5-4-8-16-14/h4-9,15H,3,10H2,1-2H3. The largest absolute Gasteiger partial charge is 0.464 e. The second-order valence-corrected chi connectivity index (χ2v) is 3.92. The van der Waals surface area contributed by atoms with Gasteiger partial charge in [-0.2, -0.15) is 0 Å². The van der Waals surface area contributed by atoms with Gasteiger partial charge in [0.15, 0.2) is 0 Å². The molecule has 1 aromatic carbocycles. The van der Waals surface area contributed by atoms with Gasteiger partial charge in [0.2, 0.25) is 0 Å². The number of nitrogens with one attached hydrogen (secondary N) is 1. The highest BCUT2D eigenvalue weighted by molar-refractivity contribution is 5.63. The molecule has 0 radical (unpaired) electrons. The van der Waals surface area contributed by atoms with E-state index < -0.39 is 0 Å². The van der Waals surface area contributed by atoms with Crippen LogP contribution >= 0.6 is 0 Å². The highest BCUT2D eigenvalue weighted by Crippen LogP contribution is 2.25. The van der Waals surface area contributed by atoms with Gasteiger partial charge in [0.1, 0.15) is 5.76 Å². The van der Waals surface area contributed by atoms with E-state index in [1.54, 1.807) is 6.26 Å². The Morgan fingerprint density at radius 3 is 2.81 bits per heavy atom. The van der Waals surface area contributed by atoms with Gasteiger partial charge in [0.25, 0.3) is 0 Å². The molecule has 16 heavy (non-hydrogen) atoms. The molecule has 0 aliphatic heterocycles. The molecule has 1 aromatic heterocycles. The van der Waals surface area contributed by atoms with Crippen molar-refractivity contribution in [1.82, 2.24) is 5.32 Å². The first kappa shape index (κ1) is 11.0. The summed E-state index contributed by atoms with van der Waals surface area (Å²) in [6, 6.07) is 10.4. The Bertz CT molecular complexity index is 446. The Hall–Kier alpha value is -1.54. The fourth-order valence-corrected chi connectivity index (χ4v) is 1.77. The first-order chi connectivity index (χ1) is 7.81.